The second-order valence-corrected chi connectivity index (χ2v) is 6.26. The van der Waals surface area contributed by atoms with Gasteiger partial charge in [-0.2, -0.15) is 5.10 Å². The number of hydrogen-bond acceptors (Lipinski definition) is 6. The second-order valence-electron chi connectivity index (χ2n) is 6.26. The molecular formula is C20H17N5O2. The molecule has 0 radical (unpaired) electrons. The molecule has 0 saturated heterocycles. The minimum Gasteiger partial charge on any atom is -0.320 e. The van der Waals surface area contributed by atoms with E-state index in [4.69, 9.17) is 0 Å². The predicted octanol–water partition coefficient (Wildman–Crippen LogP) is 2.79. The molecule has 7 nitrogen and oxygen atoms in total. The van der Waals surface area contributed by atoms with Crippen molar-refractivity contribution in [2.45, 2.75) is 19.4 Å². The number of pyridine rings is 2. The normalized spacial score (nSPS) is 16.3. The molecule has 2 aromatic heterocycles. The second kappa shape index (κ2) is 6.95. The molecule has 1 amide bonds. The molecule has 0 fully saturated rings. The molecule has 0 saturated carbocycles. The number of fused-ring (bicyclic) bond motifs is 1. The summed E-state index contributed by atoms with van der Waals surface area (Å²) in [4.78, 5) is 33.2. The number of nitrogens with one attached hydrogen (secondary N) is 1. The van der Waals surface area contributed by atoms with Crippen molar-refractivity contribution in [2.75, 3.05) is 10.3 Å². The van der Waals surface area contributed by atoms with Gasteiger partial charge in [-0.3, -0.25) is 24.6 Å². The lowest BCUT2D eigenvalue weighted by Crippen LogP contribution is -2.33. The van der Waals surface area contributed by atoms with Crippen molar-refractivity contribution in [3.8, 4) is 0 Å². The highest BCUT2D eigenvalue weighted by molar-refractivity contribution is 6.44. The Labute approximate surface area is 155 Å². The van der Waals surface area contributed by atoms with Gasteiger partial charge in [0.2, 0.25) is 0 Å². The molecule has 1 aliphatic rings. The molecule has 7 heteroatoms. The number of nitrogens with zero attached hydrogens (tertiary/aromatic N) is 4. The average Bonchev–Trinajstić information content (AvgIpc) is 3.15. The van der Waals surface area contributed by atoms with Crippen molar-refractivity contribution < 1.29 is 9.59 Å². The van der Waals surface area contributed by atoms with Gasteiger partial charge in [-0.15, -0.1) is 0 Å². The lowest BCUT2D eigenvalue weighted by Gasteiger charge is -2.20. The number of benzene rings is 1. The quantitative estimate of drug-likeness (QED) is 0.774. The van der Waals surface area contributed by atoms with Gasteiger partial charge in [0, 0.05) is 30.4 Å². The summed E-state index contributed by atoms with van der Waals surface area (Å²) in [6.45, 7) is 1.51. The van der Waals surface area contributed by atoms with Crippen LogP contribution in [-0.4, -0.2) is 33.4 Å². The Morgan fingerprint density at radius 1 is 1.11 bits per heavy atom. The minimum absolute atomic E-state index is 0.0380. The van der Waals surface area contributed by atoms with Gasteiger partial charge in [0.1, 0.15) is 11.8 Å². The first-order valence-electron chi connectivity index (χ1n) is 8.56. The number of aromatic nitrogens is 2. The summed E-state index contributed by atoms with van der Waals surface area (Å²) in [7, 11) is 0. The van der Waals surface area contributed by atoms with Gasteiger partial charge >= 0.3 is 0 Å². The number of ketones is 1. The van der Waals surface area contributed by atoms with E-state index in [1.165, 1.54) is 6.92 Å². The standard InChI is InChI=1S/C20H17N5O2/c1-13(26)19-11-18(24-25(19)14-5-3-2-4-6-14)20(27)23-17-8-10-22-16-7-9-21-12-15(16)17/h2-10,12,19H,11H2,1H3,(H,22,23,27). The maximum Gasteiger partial charge on any atom is 0.271 e. The average molecular weight is 359 g/mol. The van der Waals surface area contributed by atoms with Crippen LogP contribution in [0.5, 0.6) is 0 Å². The van der Waals surface area contributed by atoms with E-state index in [9.17, 15) is 9.59 Å². The monoisotopic (exact) mass is 359 g/mol. The van der Waals surface area contributed by atoms with Crippen LogP contribution in [0.25, 0.3) is 10.9 Å². The number of hydrogen-bond donors (Lipinski definition) is 1. The molecule has 1 N–H and O–H groups in total. The summed E-state index contributed by atoms with van der Waals surface area (Å²) < 4.78 is 0. The first-order chi connectivity index (χ1) is 13.1. The van der Waals surface area contributed by atoms with Crippen molar-refractivity contribution in [1.82, 2.24) is 9.97 Å². The third kappa shape index (κ3) is 3.27. The van der Waals surface area contributed by atoms with Crippen LogP contribution >= 0.6 is 0 Å². The van der Waals surface area contributed by atoms with Crippen molar-refractivity contribution in [3.05, 3.63) is 61.1 Å². The van der Waals surface area contributed by atoms with E-state index in [0.29, 0.717) is 11.4 Å². The number of carbonyl (C=O) groups is 2. The van der Waals surface area contributed by atoms with E-state index >= 15 is 0 Å². The van der Waals surface area contributed by atoms with Crippen LogP contribution in [0, 0.1) is 0 Å². The van der Waals surface area contributed by atoms with Crippen molar-refractivity contribution in [3.63, 3.8) is 0 Å². The molecule has 1 aromatic carbocycles. The van der Waals surface area contributed by atoms with E-state index in [-0.39, 0.29) is 18.1 Å². The predicted molar refractivity (Wildman–Crippen MR) is 104 cm³/mol. The molecule has 3 heterocycles. The largest absolute Gasteiger partial charge is 0.320 e. The first-order valence-corrected chi connectivity index (χ1v) is 8.56. The smallest absolute Gasteiger partial charge is 0.271 e. The van der Waals surface area contributed by atoms with Crippen LogP contribution in [0.4, 0.5) is 11.4 Å². The lowest BCUT2D eigenvalue weighted by atomic mass is 10.1. The van der Waals surface area contributed by atoms with Crippen LogP contribution in [0.1, 0.15) is 13.3 Å². The molecule has 134 valence electrons. The Bertz CT molecular complexity index is 1040. The molecule has 0 spiro atoms. The number of para-hydroxylation sites is 1. The number of rotatable bonds is 4. The van der Waals surface area contributed by atoms with E-state index in [1.807, 2.05) is 30.3 Å². The molecule has 0 aliphatic carbocycles. The van der Waals surface area contributed by atoms with Crippen molar-refractivity contribution in [1.29, 1.82) is 0 Å². The third-order valence-corrected chi connectivity index (χ3v) is 4.45. The van der Waals surface area contributed by atoms with Gasteiger partial charge in [-0.25, -0.2) is 0 Å². The van der Waals surface area contributed by atoms with E-state index < -0.39 is 6.04 Å². The molecule has 4 rings (SSSR count). The summed E-state index contributed by atoms with van der Waals surface area (Å²) in [5.74, 6) is -0.375. The maximum atomic E-state index is 12.8. The number of Topliss-reactive ketones (excluding diaryl/α,β-unsaturated/α-hetero) is 1. The van der Waals surface area contributed by atoms with Crippen molar-refractivity contribution in [2.24, 2.45) is 5.10 Å². The summed E-state index contributed by atoms with van der Waals surface area (Å²) in [5.41, 5.74) is 2.44. The van der Waals surface area contributed by atoms with E-state index in [2.05, 4.69) is 20.4 Å². The number of carbonyl (C=O) groups excluding carboxylic acids is 2. The molecular weight excluding hydrogens is 342 g/mol. The molecule has 1 atom stereocenters. The number of amides is 1. The Balaban J connectivity index is 1.62. The topological polar surface area (TPSA) is 87.5 Å². The zero-order valence-electron chi connectivity index (χ0n) is 14.7. The van der Waals surface area contributed by atoms with Crippen molar-refractivity contribution >= 4 is 39.7 Å². The summed E-state index contributed by atoms with van der Waals surface area (Å²) in [5, 5.41) is 9.65. The van der Waals surface area contributed by atoms with E-state index in [1.54, 1.807) is 35.7 Å². The highest BCUT2D eigenvalue weighted by Crippen LogP contribution is 2.26. The fourth-order valence-corrected chi connectivity index (χ4v) is 3.08. The molecule has 1 aliphatic heterocycles. The maximum absolute atomic E-state index is 12.8. The van der Waals surface area contributed by atoms with Crippen LogP contribution in [0.3, 0.4) is 0 Å². The van der Waals surface area contributed by atoms with E-state index in [0.717, 1.165) is 16.6 Å². The van der Waals surface area contributed by atoms with Gasteiger partial charge in [0.25, 0.3) is 5.91 Å². The van der Waals surface area contributed by atoms with Crippen LogP contribution < -0.4 is 10.3 Å². The Morgan fingerprint density at radius 3 is 2.70 bits per heavy atom. The van der Waals surface area contributed by atoms with Gasteiger partial charge in [-0.1, -0.05) is 18.2 Å². The Kier molecular flexibility index (Phi) is 4.33. The van der Waals surface area contributed by atoms with Crippen LogP contribution in [0.2, 0.25) is 0 Å². The Hall–Kier alpha value is -3.61. The van der Waals surface area contributed by atoms with Gasteiger partial charge in [-0.05, 0) is 31.2 Å². The third-order valence-electron chi connectivity index (χ3n) is 4.45. The molecule has 1 unspecified atom stereocenters. The minimum atomic E-state index is -0.482. The zero-order chi connectivity index (χ0) is 18.8. The number of hydrazone groups is 1. The van der Waals surface area contributed by atoms with Gasteiger partial charge in [0.05, 0.1) is 16.9 Å². The van der Waals surface area contributed by atoms with Gasteiger partial charge < -0.3 is 5.32 Å². The fraction of sp³-hybridized carbons (Fsp3) is 0.150. The van der Waals surface area contributed by atoms with Gasteiger partial charge in [0.15, 0.2) is 5.78 Å². The SMILES string of the molecule is CC(=O)C1CC(C(=O)Nc2ccnc3ccncc23)=NN1c1ccccc1. The summed E-state index contributed by atoms with van der Waals surface area (Å²) in [6.07, 6.45) is 5.20. The zero-order valence-corrected chi connectivity index (χ0v) is 14.7. The molecule has 3 aromatic rings. The fourth-order valence-electron chi connectivity index (χ4n) is 3.08. The lowest BCUT2D eigenvalue weighted by molar-refractivity contribution is -0.118. The highest BCUT2D eigenvalue weighted by atomic mass is 16.2. The summed E-state index contributed by atoms with van der Waals surface area (Å²) >= 11 is 0. The highest BCUT2D eigenvalue weighted by Gasteiger charge is 2.34. The Morgan fingerprint density at radius 2 is 1.93 bits per heavy atom. The first kappa shape index (κ1) is 16.8. The van der Waals surface area contributed by atoms with Crippen LogP contribution in [-0.2, 0) is 9.59 Å². The number of anilines is 2. The molecule has 27 heavy (non-hydrogen) atoms. The summed E-state index contributed by atoms with van der Waals surface area (Å²) in [6, 6.07) is 12.4. The molecule has 0 bridgehead atoms. The van der Waals surface area contributed by atoms with Crippen LogP contribution in [0.15, 0.2) is 66.2 Å².